The van der Waals surface area contributed by atoms with Gasteiger partial charge in [0.25, 0.3) is 0 Å². The summed E-state index contributed by atoms with van der Waals surface area (Å²) in [5, 5.41) is 2.89. The van der Waals surface area contributed by atoms with Crippen molar-refractivity contribution in [2.45, 2.75) is 24.7 Å². The average Bonchev–Trinajstić information content (AvgIpc) is 2.48. The second-order valence-electron chi connectivity index (χ2n) is 6.46. The van der Waals surface area contributed by atoms with Crippen LogP contribution in [-0.4, -0.2) is 57.3 Å². The summed E-state index contributed by atoms with van der Waals surface area (Å²) in [5.74, 6) is 0.443. The highest BCUT2D eigenvalue weighted by molar-refractivity contribution is 7.89. The molecule has 0 saturated carbocycles. The molecule has 1 heterocycles. The van der Waals surface area contributed by atoms with Crippen molar-refractivity contribution in [2.75, 3.05) is 39.0 Å². The lowest BCUT2D eigenvalue weighted by molar-refractivity contribution is -0.117. The van der Waals surface area contributed by atoms with Gasteiger partial charge in [-0.25, -0.2) is 12.7 Å². The molecule has 1 N–H and O–H groups in total. The molecular weight excluding hydrogens is 350 g/mol. The van der Waals surface area contributed by atoms with Gasteiger partial charge in [0.15, 0.2) is 0 Å². The van der Waals surface area contributed by atoms with Crippen LogP contribution in [0.2, 0.25) is 5.02 Å². The Morgan fingerprint density at radius 3 is 2.75 bits per heavy atom. The van der Waals surface area contributed by atoms with E-state index in [1.807, 2.05) is 0 Å². The van der Waals surface area contributed by atoms with E-state index in [-0.39, 0.29) is 15.8 Å². The summed E-state index contributed by atoms with van der Waals surface area (Å²) in [6.45, 7) is 4.32. The van der Waals surface area contributed by atoms with Gasteiger partial charge in [-0.2, -0.15) is 0 Å². The number of amides is 1. The highest BCUT2D eigenvalue weighted by atomic mass is 35.5. The maximum Gasteiger partial charge on any atom is 0.244 e. The normalized spacial score (nSPS) is 19.5. The lowest BCUT2D eigenvalue weighted by Crippen LogP contribution is -2.39. The number of nitrogens with one attached hydrogen (secondary N) is 1. The smallest absolute Gasteiger partial charge is 0.244 e. The van der Waals surface area contributed by atoms with Crippen LogP contribution in [0.3, 0.4) is 0 Å². The molecule has 1 fully saturated rings. The number of hydrogen-bond acceptors (Lipinski definition) is 4. The van der Waals surface area contributed by atoms with Crippen molar-refractivity contribution in [2.24, 2.45) is 5.92 Å². The Morgan fingerprint density at radius 2 is 2.12 bits per heavy atom. The van der Waals surface area contributed by atoms with E-state index in [0.29, 0.717) is 18.2 Å². The minimum atomic E-state index is -3.66. The molecule has 0 radical (unpaired) electrons. The predicted octanol–water partition coefficient (Wildman–Crippen LogP) is 2.26. The second-order valence-corrected chi connectivity index (χ2v) is 8.99. The van der Waals surface area contributed by atoms with E-state index in [0.717, 1.165) is 23.8 Å². The Bertz CT molecular complexity index is 707. The first kappa shape index (κ1) is 19.2. The number of rotatable bonds is 5. The summed E-state index contributed by atoms with van der Waals surface area (Å²) in [6, 6.07) is 4.48. The Morgan fingerprint density at radius 1 is 1.42 bits per heavy atom. The van der Waals surface area contributed by atoms with Crippen LogP contribution >= 0.6 is 11.6 Å². The Kier molecular flexibility index (Phi) is 6.25. The van der Waals surface area contributed by atoms with E-state index >= 15 is 0 Å². The fraction of sp³-hybridized carbons (Fsp3) is 0.562. The summed E-state index contributed by atoms with van der Waals surface area (Å²) < 4.78 is 25.6. The maximum atomic E-state index is 12.3. The molecule has 0 aliphatic carbocycles. The number of piperidine rings is 1. The largest absolute Gasteiger partial charge is 0.325 e. The summed E-state index contributed by atoms with van der Waals surface area (Å²) >= 11 is 6.01. The van der Waals surface area contributed by atoms with Gasteiger partial charge in [-0.3, -0.25) is 9.69 Å². The summed E-state index contributed by atoms with van der Waals surface area (Å²) in [4.78, 5) is 14.3. The van der Waals surface area contributed by atoms with Gasteiger partial charge in [-0.15, -0.1) is 0 Å². The minimum Gasteiger partial charge on any atom is -0.325 e. The van der Waals surface area contributed by atoms with Gasteiger partial charge in [0.05, 0.1) is 11.6 Å². The molecule has 0 aromatic heterocycles. The summed E-state index contributed by atoms with van der Waals surface area (Å²) in [7, 11) is -0.783. The molecule has 1 atom stereocenters. The Labute approximate surface area is 148 Å². The first-order valence-corrected chi connectivity index (χ1v) is 9.76. The van der Waals surface area contributed by atoms with Crippen molar-refractivity contribution < 1.29 is 13.2 Å². The van der Waals surface area contributed by atoms with E-state index in [1.165, 1.54) is 32.6 Å². The van der Waals surface area contributed by atoms with Gasteiger partial charge in [0.1, 0.15) is 4.90 Å². The zero-order valence-corrected chi connectivity index (χ0v) is 15.8. The number of nitrogens with zero attached hydrogens (tertiary/aromatic N) is 2. The average molecular weight is 374 g/mol. The number of likely N-dealkylation sites (tertiary alicyclic amines) is 1. The molecule has 1 aliphatic rings. The lowest BCUT2D eigenvalue weighted by atomic mass is 10.0. The molecule has 0 bridgehead atoms. The minimum absolute atomic E-state index is 0.0152. The standard InChI is InChI=1S/C16H24ClN3O3S/c1-12-5-4-8-20(10-12)11-16(21)18-13-6-7-14(17)15(9-13)24(22,23)19(2)3/h6-7,9,12H,4-5,8,10-11H2,1-3H3,(H,18,21). The second kappa shape index (κ2) is 7.82. The Balaban J connectivity index is 2.09. The highest BCUT2D eigenvalue weighted by Crippen LogP contribution is 2.27. The van der Waals surface area contributed by atoms with Crippen molar-refractivity contribution in [3.8, 4) is 0 Å². The van der Waals surface area contributed by atoms with Crippen molar-refractivity contribution in [3.05, 3.63) is 23.2 Å². The van der Waals surface area contributed by atoms with Crippen LogP contribution in [0.25, 0.3) is 0 Å². The number of carbonyl (C=O) groups is 1. The van der Waals surface area contributed by atoms with Crippen molar-refractivity contribution in [1.82, 2.24) is 9.21 Å². The summed E-state index contributed by atoms with van der Waals surface area (Å²) in [5.41, 5.74) is 0.426. The highest BCUT2D eigenvalue weighted by Gasteiger charge is 2.22. The number of halogens is 1. The molecule has 2 rings (SSSR count). The SMILES string of the molecule is CC1CCCN(CC(=O)Nc2ccc(Cl)c(S(=O)(=O)N(C)C)c2)C1. The van der Waals surface area contributed by atoms with Crippen LogP contribution in [0.1, 0.15) is 19.8 Å². The van der Waals surface area contributed by atoms with Gasteiger partial charge in [0.2, 0.25) is 15.9 Å². The first-order chi connectivity index (χ1) is 11.2. The molecule has 0 spiro atoms. The molecule has 1 unspecified atom stereocenters. The van der Waals surface area contributed by atoms with E-state index in [2.05, 4.69) is 17.1 Å². The van der Waals surface area contributed by atoms with Gasteiger partial charge >= 0.3 is 0 Å². The fourth-order valence-corrected chi connectivity index (χ4v) is 4.20. The van der Waals surface area contributed by atoms with E-state index in [4.69, 9.17) is 11.6 Å². The van der Waals surface area contributed by atoms with Crippen LogP contribution in [0, 0.1) is 5.92 Å². The van der Waals surface area contributed by atoms with Crippen LogP contribution < -0.4 is 5.32 Å². The molecule has 6 nitrogen and oxygen atoms in total. The molecule has 134 valence electrons. The molecule has 8 heteroatoms. The molecule has 1 amide bonds. The number of carbonyl (C=O) groups excluding carboxylic acids is 1. The van der Waals surface area contributed by atoms with E-state index in [9.17, 15) is 13.2 Å². The number of anilines is 1. The third kappa shape index (κ3) is 4.69. The quantitative estimate of drug-likeness (QED) is 0.859. The van der Waals surface area contributed by atoms with Crippen LogP contribution in [-0.2, 0) is 14.8 Å². The van der Waals surface area contributed by atoms with Gasteiger partial charge in [-0.05, 0) is 43.5 Å². The fourth-order valence-electron chi connectivity index (χ4n) is 2.81. The number of hydrogen-bond donors (Lipinski definition) is 1. The third-order valence-electron chi connectivity index (χ3n) is 4.08. The van der Waals surface area contributed by atoms with Gasteiger partial charge in [0, 0.05) is 26.3 Å². The molecule has 1 aliphatic heterocycles. The zero-order valence-electron chi connectivity index (χ0n) is 14.3. The van der Waals surface area contributed by atoms with Crippen LogP contribution in [0.5, 0.6) is 0 Å². The molecule has 1 saturated heterocycles. The van der Waals surface area contributed by atoms with Crippen molar-refractivity contribution in [1.29, 1.82) is 0 Å². The van der Waals surface area contributed by atoms with Crippen LogP contribution in [0.15, 0.2) is 23.1 Å². The first-order valence-electron chi connectivity index (χ1n) is 7.94. The molecule has 1 aromatic rings. The summed E-state index contributed by atoms with van der Waals surface area (Å²) in [6.07, 6.45) is 2.29. The molecule has 24 heavy (non-hydrogen) atoms. The Hall–Kier alpha value is -1.15. The predicted molar refractivity (Wildman–Crippen MR) is 95.8 cm³/mol. The zero-order chi connectivity index (χ0) is 17.9. The maximum absolute atomic E-state index is 12.3. The molecular formula is C16H24ClN3O3S. The number of sulfonamides is 1. The topological polar surface area (TPSA) is 69.7 Å². The third-order valence-corrected chi connectivity index (χ3v) is 6.38. The van der Waals surface area contributed by atoms with Crippen molar-refractivity contribution in [3.63, 3.8) is 0 Å². The lowest BCUT2D eigenvalue weighted by Gasteiger charge is -2.30. The van der Waals surface area contributed by atoms with Gasteiger partial charge in [-0.1, -0.05) is 18.5 Å². The number of benzene rings is 1. The van der Waals surface area contributed by atoms with E-state index in [1.54, 1.807) is 6.07 Å². The van der Waals surface area contributed by atoms with Gasteiger partial charge < -0.3 is 5.32 Å². The van der Waals surface area contributed by atoms with E-state index < -0.39 is 10.0 Å². The van der Waals surface area contributed by atoms with Crippen LogP contribution in [0.4, 0.5) is 5.69 Å². The monoisotopic (exact) mass is 373 g/mol. The molecule has 1 aromatic carbocycles. The van der Waals surface area contributed by atoms with Crippen molar-refractivity contribution >= 4 is 33.2 Å².